The molecule has 0 fully saturated rings. The van der Waals surface area contributed by atoms with E-state index in [9.17, 15) is 4.79 Å². The van der Waals surface area contributed by atoms with Gasteiger partial charge in [-0.1, -0.05) is 36.4 Å². The molecule has 0 atom stereocenters. The maximum Gasteiger partial charge on any atom is 0.259 e. The first kappa shape index (κ1) is 19.1. The van der Waals surface area contributed by atoms with Crippen LogP contribution in [-0.4, -0.2) is 17.1 Å². The minimum absolute atomic E-state index is 0.204. The lowest BCUT2D eigenvalue weighted by atomic mass is 10.0. The Hall–Kier alpha value is -3.90. The molecule has 0 aliphatic carbocycles. The third kappa shape index (κ3) is 3.58. The second-order valence-corrected chi connectivity index (χ2v) is 7.46. The number of rotatable bonds is 5. The molecule has 2 aromatic heterocycles. The van der Waals surface area contributed by atoms with Gasteiger partial charge in [0.15, 0.2) is 0 Å². The Labute approximate surface area is 178 Å². The molecular weight excluding hydrogens is 390 g/mol. The van der Waals surface area contributed by atoms with E-state index in [0.29, 0.717) is 35.4 Å². The van der Waals surface area contributed by atoms with Crippen LogP contribution in [0.4, 0.5) is 0 Å². The molecule has 2 heterocycles. The molecule has 3 aromatic carbocycles. The highest BCUT2D eigenvalue weighted by Crippen LogP contribution is 2.28. The summed E-state index contributed by atoms with van der Waals surface area (Å²) in [6.45, 7) is 0.504. The van der Waals surface area contributed by atoms with E-state index < -0.39 is 0 Å². The van der Waals surface area contributed by atoms with E-state index in [2.05, 4.69) is 22.1 Å². The number of aromatic amines is 1. The van der Waals surface area contributed by atoms with Crippen molar-refractivity contribution >= 4 is 21.7 Å². The van der Waals surface area contributed by atoms with Gasteiger partial charge < -0.3 is 19.9 Å². The molecule has 0 saturated carbocycles. The maximum atomic E-state index is 12.6. The second kappa shape index (κ2) is 7.74. The topological polar surface area (TPSA) is 94.1 Å². The van der Waals surface area contributed by atoms with E-state index in [-0.39, 0.29) is 5.56 Å². The molecule has 0 unspecified atom stereocenters. The summed E-state index contributed by atoms with van der Waals surface area (Å²) in [4.78, 5) is 20.2. The Kier molecular flexibility index (Phi) is 4.76. The van der Waals surface area contributed by atoms with Crippen molar-refractivity contribution in [2.24, 2.45) is 5.73 Å². The predicted octanol–water partition coefficient (Wildman–Crippen LogP) is 4.39. The summed E-state index contributed by atoms with van der Waals surface area (Å²) < 4.78 is 11.1. The highest BCUT2D eigenvalue weighted by molar-refractivity contribution is 5.89. The number of nitrogens with zero attached hydrogens (tertiary/aromatic N) is 1. The van der Waals surface area contributed by atoms with Crippen molar-refractivity contribution in [3.8, 4) is 17.1 Å². The molecule has 3 N–H and O–H groups in total. The van der Waals surface area contributed by atoms with Crippen molar-refractivity contribution in [2.45, 2.75) is 13.0 Å². The van der Waals surface area contributed by atoms with Crippen LogP contribution in [0.2, 0.25) is 0 Å². The molecule has 5 aromatic rings. The average molecular weight is 411 g/mol. The zero-order valence-corrected chi connectivity index (χ0v) is 17.0. The summed E-state index contributed by atoms with van der Waals surface area (Å²) >= 11 is 0. The summed E-state index contributed by atoms with van der Waals surface area (Å²) in [5.74, 6) is 2.00. The normalized spacial score (nSPS) is 11.3. The van der Waals surface area contributed by atoms with Crippen LogP contribution in [0.3, 0.4) is 0 Å². The van der Waals surface area contributed by atoms with E-state index in [0.717, 1.165) is 33.2 Å². The van der Waals surface area contributed by atoms with Crippen LogP contribution < -0.4 is 16.0 Å². The standard InChI is InChI=1S/C25H21N3O3/c1-30-19-7-8-22-21(12-19)25(29)28-24(27-22)17-5-6-18-14-31-23(20(18)11-17)10-15-3-2-4-16(9-15)13-26/h2-9,11-12,14H,10,13,26H2,1H3,(H,27,28,29). The Bertz CT molecular complexity index is 1470. The second-order valence-electron chi connectivity index (χ2n) is 7.46. The van der Waals surface area contributed by atoms with Gasteiger partial charge in [-0.05, 0) is 35.4 Å². The van der Waals surface area contributed by atoms with Crippen LogP contribution in [0, 0.1) is 0 Å². The molecule has 154 valence electrons. The number of methoxy groups -OCH3 is 1. The number of benzene rings is 3. The van der Waals surface area contributed by atoms with Gasteiger partial charge in [0.05, 0.1) is 24.3 Å². The van der Waals surface area contributed by atoms with E-state index in [4.69, 9.17) is 14.9 Å². The van der Waals surface area contributed by atoms with Crippen LogP contribution in [0.15, 0.2) is 76.1 Å². The van der Waals surface area contributed by atoms with Gasteiger partial charge in [-0.3, -0.25) is 4.79 Å². The molecule has 6 heteroatoms. The SMILES string of the molecule is COc1ccc2nc(-c3ccc4coc(Cc5cccc(CN)c5)c4c3)[nH]c(=O)c2c1. The number of nitrogens with two attached hydrogens (primary N) is 1. The fourth-order valence-electron chi connectivity index (χ4n) is 3.82. The van der Waals surface area contributed by atoms with Crippen LogP contribution in [0.5, 0.6) is 5.75 Å². The highest BCUT2D eigenvalue weighted by atomic mass is 16.5. The molecule has 0 amide bonds. The number of nitrogens with one attached hydrogen (secondary N) is 1. The third-order valence-corrected chi connectivity index (χ3v) is 5.46. The fourth-order valence-corrected chi connectivity index (χ4v) is 3.82. The first-order valence-electron chi connectivity index (χ1n) is 10.0. The van der Waals surface area contributed by atoms with Gasteiger partial charge in [-0.25, -0.2) is 4.98 Å². The quantitative estimate of drug-likeness (QED) is 0.447. The molecular formula is C25H21N3O3. The Morgan fingerprint density at radius 2 is 1.90 bits per heavy atom. The zero-order valence-electron chi connectivity index (χ0n) is 17.0. The van der Waals surface area contributed by atoms with Gasteiger partial charge in [-0.2, -0.15) is 0 Å². The number of furan rings is 1. The van der Waals surface area contributed by atoms with E-state index >= 15 is 0 Å². The molecule has 5 rings (SSSR count). The van der Waals surface area contributed by atoms with Crippen molar-refractivity contribution in [3.63, 3.8) is 0 Å². The summed E-state index contributed by atoms with van der Waals surface area (Å²) in [5, 5.41) is 2.49. The molecule has 31 heavy (non-hydrogen) atoms. The first-order chi connectivity index (χ1) is 15.1. The summed E-state index contributed by atoms with van der Waals surface area (Å²) in [5.41, 5.74) is 9.22. The summed E-state index contributed by atoms with van der Waals surface area (Å²) in [6.07, 6.45) is 2.41. The Morgan fingerprint density at radius 3 is 2.74 bits per heavy atom. The van der Waals surface area contributed by atoms with Gasteiger partial charge in [-0.15, -0.1) is 0 Å². The monoisotopic (exact) mass is 411 g/mol. The number of fused-ring (bicyclic) bond motifs is 2. The van der Waals surface area contributed by atoms with Crippen molar-refractivity contribution in [1.82, 2.24) is 9.97 Å². The van der Waals surface area contributed by atoms with Crippen molar-refractivity contribution in [2.75, 3.05) is 7.11 Å². The van der Waals surface area contributed by atoms with E-state index in [1.807, 2.05) is 30.3 Å². The molecule has 0 radical (unpaired) electrons. The molecule has 0 spiro atoms. The van der Waals surface area contributed by atoms with Crippen LogP contribution in [0.25, 0.3) is 33.1 Å². The van der Waals surface area contributed by atoms with Crippen LogP contribution in [-0.2, 0) is 13.0 Å². The van der Waals surface area contributed by atoms with Crippen LogP contribution >= 0.6 is 0 Å². The molecule has 0 saturated heterocycles. The largest absolute Gasteiger partial charge is 0.497 e. The zero-order chi connectivity index (χ0) is 21.4. The number of ether oxygens (including phenoxy) is 1. The number of aromatic nitrogens is 2. The average Bonchev–Trinajstić information content (AvgIpc) is 3.20. The third-order valence-electron chi connectivity index (χ3n) is 5.46. The lowest BCUT2D eigenvalue weighted by Gasteiger charge is -2.06. The van der Waals surface area contributed by atoms with E-state index in [1.54, 1.807) is 31.6 Å². The maximum absolute atomic E-state index is 12.6. The minimum atomic E-state index is -0.204. The fraction of sp³-hybridized carbons (Fsp3) is 0.120. The van der Waals surface area contributed by atoms with Gasteiger partial charge in [0.25, 0.3) is 5.56 Å². The first-order valence-corrected chi connectivity index (χ1v) is 10.0. The van der Waals surface area contributed by atoms with E-state index in [1.165, 1.54) is 0 Å². The van der Waals surface area contributed by atoms with Crippen molar-refractivity contribution in [1.29, 1.82) is 0 Å². The number of hydrogen-bond acceptors (Lipinski definition) is 5. The van der Waals surface area contributed by atoms with Crippen LogP contribution in [0.1, 0.15) is 16.9 Å². The molecule has 6 nitrogen and oxygen atoms in total. The molecule has 0 bridgehead atoms. The number of hydrogen-bond donors (Lipinski definition) is 2. The summed E-state index contributed by atoms with van der Waals surface area (Å²) in [6, 6.07) is 19.4. The van der Waals surface area contributed by atoms with Crippen molar-refractivity contribution in [3.05, 3.63) is 94.2 Å². The Balaban J connectivity index is 1.56. The minimum Gasteiger partial charge on any atom is -0.497 e. The summed E-state index contributed by atoms with van der Waals surface area (Å²) in [7, 11) is 1.57. The Morgan fingerprint density at radius 1 is 1.03 bits per heavy atom. The van der Waals surface area contributed by atoms with Gasteiger partial charge in [0.2, 0.25) is 0 Å². The van der Waals surface area contributed by atoms with Gasteiger partial charge >= 0.3 is 0 Å². The predicted molar refractivity (Wildman–Crippen MR) is 121 cm³/mol. The highest BCUT2D eigenvalue weighted by Gasteiger charge is 2.12. The molecule has 0 aliphatic rings. The molecule has 0 aliphatic heterocycles. The number of H-pyrrole nitrogens is 1. The lowest BCUT2D eigenvalue weighted by molar-refractivity contribution is 0.415. The van der Waals surface area contributed by atoms with Gasteiger partial charge in [0.1, 0.15) is 17.3 Å². The smallest absolute Gasteiger partial charge is 0.259 e. The van der Waals surface area contributed by atoms with Gasteiger partial charge in [0, 0.05) is 29.3 Å². The lowest BCUT2D eigenvalue weighted by Crippen LogP contribution is -2.09. The van der Waals surface area contributed by atoms with Crippen molar-refractivity contribution < 1.29 is 9.15 Å².